The fraction of sp³-hybridized carbons (Fsp3) is 0.143. The molecule has 0 saturated heterocycles. The molecule has 0 spiro atoms. The molecule has 0 aliphatic carbocycles. The van der Waals surface area contributed by atoms with Crippen LogP contribution in [0.4, 0.5) is 0 Å². The van der Waals surface area contributed by atoms with Crippen LogP contribution in [0.3, 0.4) is 0 Å². The second kappa shape index (κ2) is 5.71. The van der Waals surface area contributed by atoms with Gasteiger partial charge in [0.2, 0.25) is 0 Å². The summed E-state index contributed by atoms with van der Waals surface area (Å²) in [5.41, 5.74) is 2.00. The molecule has 0 aliphatic rings. The SMILES string of the molecule is COc1ccc(-c2cncc(C=O)c2)c(OC)c1Cl. The molecule has 0 unspecified atom stereocenters. The maximum absolute atomic E-state index is 10.8. The third-order valence-electron chi connectivity index (χ3n) is 2.69. The lowest BCUT2D eigenvalue weighted by molar-refractivity contribution is 0.112. The zero-order valence-corrected chi connectivity index (χ0v) is 11.3. The van der Waals surface area contributed by atoms with Crippen molar-refractivity contribution >= 4 is 17.9 Å². The van der Waals surface area contributed by atoms with E-state index in [1.54, 1.807) is 18.3 Å². The number of ether oxygens (including phenoxy) is 2. The average Bonchev–Trinajstić information content (AvgIpc) is 2.47. The molecule has 0 fully saturated rings. The predicted octanol–water partition coefficient (Wildman–Crippen LogP) is 3.23. The van der Waals surface area contributed by atoms with Crippen LogP contribution in [0.25, 0.3) is 11.1 Å². The largest absolute Gasteiger partial charge is 0.495 e. The Morgan fingerprint density at radius 2 is 2.00 bits per heavy atom. The van der Waals surface area contributed by atoms with Crippen molar-refractivity contribution in [2.24, 2.45) is 0 Å². The molecule has 5 heteroatoms. The van der Waals surface area contributed by atoms with Gasteiger partial charge in [0.05, 0.1) is 14.2 Å². The van der Waals surface area contributed by atoms with Gasteiger partial charge in [-0.2, -0.15) is 0 Å². The van der Waals surface area contributed by atoms with Crippen LogP contribution >= 0.6 is 11.6 Å². The number of nitrogens with zero attached hydrogens (tertiary/aromatic N) is 1. The van der Waals surface area contributed by atoms with Gasteiger partial charge >= 0.3 is 0 Å². The molecule has 0 saturated carbocycles. The Morgan fingerprint density at radius 3 is 2.63 bits per heavy atom. The zero-order valence-electron chi connectivity index (χ0n) is 10.5. The van der Waals surface area contributed by atoms with Crippen molar-refractivity contribution < 1.29 is 14.3 Å². The number of aromatic nitrogens is 1. The number of benzene rings is 1. The summed E-state index contributed by atoms with van der Waals surface area (Å²) in [6, 6.07) is 5.28. The van der Waals surface area contributed by atoms with Gasteiger partial charge in [0, 0.05) is 29.1 Å². The third-order valence-corrected chi connectivity index (χ3v) is 3.05. The van der Waals surface area contributed by atoms with Gasteiger partial charge < -0.3 is 9.47 Å². The number of carbonyl (C=O) groups excluding carboxylic acids is 1. The molecule has 1 aromatic carbocycles. The van der Waals surface area contributed by atoms with E-state index in [4.69, 9.17) is 21.1 Å². The van der Waals surface area contributed by atoms with Crippen molar-refractivity contribution in [2.45, 2.75) is 0 Å². The van der Waals surface area contributed by atoms with E-state index in [0.717, 1.165) is 17.4 Å². The normalized spacial score (nSPS) is 10.1. The number of rotatable bonds is 4. The van der Waals surface area contributed by atoms with Crippen LogP contribution < -0.4 is 9.47 Å². The van der Waals surface area contributed by atoms with Crippen LogP contribution in [0.1, 0.15) is 10.4 Å². The van der Waals surface area contributed by atoms with Crippen LogP contribution in [-0.2, 0) is 0 Å². The summed E-state index contributed by atoms with van der Waals surface area (Å²) in [6.45, 7) is 0. The smallest absolute Gasteiger partial charge is 0.151 e. The number of methoxy groups -OCH3 is 2. The molecule has 0 bridgehead atoms. The Labute approximate surface area is 115 Å². The van der Waals surface area contributed by atoms with E-state index >= 15 is 0 Å². The van der Waals surface area contributed by atoms with Crippen LogP contribution in [0.2, 0.25) is 5.02 Å². The third kappa shape index (κ3) is 2.53. The predicted molar refractivity (Wildman–Crippen MR) is 73.2 cm³/mol. The average molecular weight is 278 g/mol. The number of aldehydes is 1. The van der Waals surface area contributed by atoms with E-state index in [2.05, 4.69) is 4.98 Å². The number of pyridine rings is 1. The summed E-state index contributed by atoms with van der Waals surface area (Å²) in [7, 11) is 3.07. The van der Waals surface area contributed by atoms with Crippen molar-refractivity contribution in [1.29, 1.82) is 0 Å². The Balaban J connectivity index is 2.61. The highest BCUT2D eigenvalue weighted by Gasteiger charge is 2.14. The maximum atomic E-state index is 10.8. The zero-order chi connectivity index (χ0) is 13.8. The van der Waals surface area contributed by atoms with Gasteiger partial charge in [-0.3, -0.25) is 9.78 Å². The first-order valence-corrected chi connectivity index (χ1v) is 5.90. The van der Waals surface area contributed by atoms with E-state index < -0.39 is 0 Å². The van der Waals surface area contributed by atoms with Gasteiger partial charge in [-0.05, 0) is 18.2 Å². The Bertz CT molecular complexity index is 614. The van der Waals surface area contributed by atoms with Crippen molar-refractivity contribution in [3.05, 3.63) is 41.2 Å². The molecular formula is C14H12ClNO3. The Kier molecular flexibility index (Phi) is 4.02. The summed E-state index contributed by atoms with van der Waals surface area (Å²) < 4.78 is 10.5. The lowest BCUT2D eigenvalue weighted by Crippen LogP contribution is -1.94. The molecule has 2 aromatic rings. The second-order valence-corrected chi connectivity index (χ2v) is 4.17. The summed E-state index contributed by atoms with van der Waals surface area (Å²) in [5.74, 6) is 1.02. The molecule has 2 rings (SSSR count). The van der Waals surface area contributed by atoms with Gasteiger partial charge in [0.15, 0.2) is 6.29 Å². The van der Waals surface area contributed by atoms with Gasteiger partial charge in [-0.25, -0.2) is 0 Å². The van der Waals surface area contributed by atoms with Gasteiger partial charge in [0.25, 0.3) is 0 Å². The fourth-order valence-electron chi connectivity index (χ4n) is 1.79. The number of hydrogen-bond donors (Lipinski definition) is 0. The van der Waals surface area contributed by atoms with Gasteiger partial charge in [0.1, 0.15) is 16.5 Å². The number of halogens is 1. The Morgan fingerprint density at radius 1 is 1.21 bits per heavy atom. The first-order chi connectivity index (χ1) is 9.21. The van der Waals surface area contributed by atoms with E-state index in [1.807, 2.05) is 6.07 Å². The molecule has 1 aromatic heterocycles. The van der Waals surface area contributed by atoms with Crippen LogP contribution in [0.15, 0.2) is 30.6 Å². The molecular weight excluding hydrogens is 266 g/mol. The molecule has 98 valence electrons. The summed E-state index contributed by atoms with van der Waals surface area (Å²) in [6.07, 6.45) is 3.88. The quantitative estimate of drug-likeness (QED) is 0.805. The molecule has 0 radical (unpaired) electrons. The molecule has 4 nitrogen and oxygen atoms in total. The van der Waals surface area contributed by atoms with Crippen molar-refractivity contribution in [2.75, 3.05) is 14.2 Å². The first kappa shape index (κ1) is 13.4. The van der Waals surface area contributed by atoms with E-state index in [1.165, 1.54) is 20.4 Å². The highest BCUT2D eigenvalue weighted by Crippen LogP contribution is 2.41. The Hall–Kier alpha value is -2.07. The second-order valence-electron chi connectivity index (χ2n) is 3.79. The highest BCUT2D eigenvalue weighted by molar-refractivity contribution is 6.34. The minimum absolute atomic E-state index is 0.388. The topological polar surface area (TPSA) is 48.4 Å². The van der Waals surface area contributed by atoms with E-state index in [0.29, 0.717) is 22.1 Å². The number of hydrogen-bond acceptors (Lipinski definition) is 4. The lowest BCUT2D eigenvalue weighted by Gasteiger charge is -2.13. The van der Waals surface area contributed by atoms with Crippen molar-refractivity contribution in [3.63, 3.8) is 0 Å². The summed E-state index contributed by atoms with van der Waals surface area (Å²) >= 11 is 6.20. The standard InChI is InChI=1S/C14H12ClNO3/c1-18-12-4-3-11(14(19-2)13(12)15)10-5-9(8-17)6-16-7-10/h3-8H,1-2H3. The highest BCUT2D eigenvalue weighted by atomic mass is 35.5. The van der Waals surface area contributed by atoms with Gasteiger partial charge in [-0.15, -0.1) is 0 Å². The molecule has 0 atom stereocenters. The lowest BCUT2D eigenvalue weighted by atomic mass is 10.0. The van der Waals surface area contributed by atoms with Gasteiger partial charge in [-0.1, -0.05) is 11.6 Å². The molecule has 0 amide bonds. The molecule has 0 aliphatic heterocycles. The van der Waals surface area contributed by atoms with E-state index in [9.17, 15) is 4.79 Å². The molecule has 0 N–H and O–H groups in total. The minimum atomic E-state index is 0.388. The van der Waals surface area contributed by atoms with E-state index in [-0.39, 0.29) is 0 Å². The van der Waals surface area contributed by atoms with Crippen molar-refractivity contribution in [3.8, 4) is 22.6 Å². The van der Waals surface area contributed by atoms with Crippen LogP contribution in [0.5, 0.6) is 11.5 Å². The number of carbonyl (C=O) groups is 1. The minimum Gasteiger partial charge on any atom is -0.495 e. The molecule has 19 heavy (non-hydrogen) atoms. The fourth-order valence-corrected chi connectivity index (χ4v) is 2.11. The van der Waals surface area contributed by atoms with Crippen molar-refractivity contribution in [1.82, 2.24) is 4.98 Å². The summed E-state index contributed by atoms with van der Waals surface area (Å²) in [4.78, 5) is 14.8. The molecule has 1 heterocycles. The first-order valence-electron chi connectivity index (χ1n) is 5.52. The van der Waals surface area contributed by atoms with Crippen LogP contribution in [-0.4, -0.2) is 25.5 Å². The van der Waals surface area contributed by atoms with Crippen LogP contribution in [0, 0.1) is 0 Å². The maximum Gasteiger partial charge on any atom is 0.151 e. The summed E-state index contributed by atoms with van der Waals surface area (Å²) in [5, 5.41) is 0.388. The monoisotopic (exact) mass is 277 g/mol.